The van der Waals surface area contributed by atoms with Gasteiger partial charge in [0.2, 0.25) is 0 Å². The number of para-hydroxylation sites is 4. The molecule has 13 aromatic rings. The van der Waals surface area contributed by atoms with Crippen LogP contribution in [0.1, 0.15) is 0 Å². The molecule has 0 aliphatic carbocycles. The molecule has 9 aromatic carbocycles. The number of hydrogen-bond donors (Lipinski definition) is 0. The summed E-state index contributed by atoms with van der Waals surface area (Å²) in [6.07, 6.45) is 0. The number of nitrogens with zero attached hydrogens (tertiary/aromatic N) is 3. The van der Waals surface area contributed by atoms with Gasteiger partial charge in [0.05, 0.1) is 27.6 Å². The van der Waals surface area contributed by atoms with Gasteiger partial charge in [0.25, 0.3) is 0 Å². The highest BCUT2D eigenvalue weighted by molar-refractivity contribution is 6.35. The van der Waals surface area contributed by atoms with Crippen LogP contribution in [0.4, 0.5) is 0 Å². The van der Waals surface area contributed by atoms with E-state index < -0.39 is 0 Å². The van der Waals surface area contributed by atoms with Gasteiger partial charge in [0.1, 0.15) is 5.65 Å². The van der Waals surface area contributed by atoms with Crippen LogP contribution in [0.3, 0.4) is 0 Å². The molecule has 0 atom stereocenters. The third kappa shape index (κ3) is 4.15. The maximum absolute atomic E-state index is 2.57. The third-order valence-electron chi connectivity index (χ3n) is 12.3. The molecule has 0 N–H and O–H groups in total. The van der Waals surface area contributed by atoms with Crippen molar-refractivity contribution in [2.45, 2.75) is 0 Å². The largest absolute Gasteiger partial charge is 0.309 e. The van der Waals surface area contributed by atoms with Crippen molar-refractivity contribution in [1.29, 1.82) is 0 Å². The Balaban J connectivity index is 1.17. The van der Waals surface area contributed by atoms with Crippen molar-refractivity contribution in [2.75, 3.05) is 0 Å². The second-order valence-electron chi connectivity index (χ2n) is 15.3. The van der Waals surface area contributed by atoms with Crippen molar-refractivity contribution in [3.8, 4) is 33.6 Å². The minimum absolute atomic E-state index is 1.15. The van der Waals surface area contributed by atoms with Gasteiger partial charge in [0, 0.05) is 49.1 Å². The molecule has 0 bridgehead atoms. The molecule has 0 aliphatic rings. The molecule has 4 heterocycles. The lowest BCUT2D eigenvalue weighted by molar-refractivity contribution is 1.12. The molecule has 13 rings (SSSR count). The van der Waals surface area contributed by atoms with Gasteiger partial charge in [-0.05, 0) is 99.8 Å². The average Bonchev–Trinajstić information content (AvgIpc) is 3.93. The molecule has 0 fully saturated rings. The molecular formula is C54H33N3. The second kappa shape index (κ2) is 11.5. The standard InChI is InChI=1S/C54H33N3/c1-4-15-34(16-5-1)43-33-37-17-14-24-42-50(37)53-51(43)41-23-11-13-26-47(41)57(53)54-52(42)45-32-36(28-30-49(45)56(54)39-20-8-3-9-21-39)35-27-29-48-44(31-35)40-22-10-12-25-46(40)55(48)38-18-6-2-7-19-38/h1-33H. The summed E-state index contributed by atoms with van der Waals surface area (Å²) in [7, 11) is 0. The third-order valence-corrected chi connectivity index (χ3v) is 12.3. The van der Waals surface area contributed by atoms with E-state index in [0.29, 0.717) is 0 Å². The summed E-state index contributed by atoms with van der Waals surface area (Å²) in [5.74, 6) is 0. The molecule has 0 saturated carbocycles. The maximum Gasteiger partial charge on any atom is 0.131 e. The van der Waals surface area contributed by atoms with Crippen LogP contribution in [0, 0.1) is 0 Å². The molecule has 0 aliphatic heterocycles. The van der Waals surface area contributed by atoms with Crippen LogP contribution in [-0.2, 0) is 0 Å². The van der Waals surface area contributed by atoms with Crippen molar-refractivity contribution >= 4 is 81.7 Å². The van der Waals surface area contributed by atoms with E-state index in [1.165, 1.54) is 110 Å². The summed E-state index contributed by atoms with van der Waals surface area (Å²) in [5.41, 5.74) is 14.5. The second-order valence-corrected chi connectivity index (χ2v) is 15.3. The Labute approximate surface area is 327 Å². The molecule has 3 heteroatoms. The van der Waals surface area contributed by atoms with Crippen LogP contribution in [-0.4, -0.2) is 13.5 Å². The van der Waals surface area contributed by atoms with Gasteiger partial charge in [-0.1, -0.05) is 133 Å². The van der Waals surface area contributed by atoms with Crippen LogP contribution in [0.2, 0.25) is 0 Å². The quantitative estimate of drug-likeness (QED) is 0.172. The van der Waals surface area contributed by atoms with Crippen molar-refractivity contribution in [3.05, 3.63) is 200 Å². The molecule has 0 unspecified atom stereocenters. The molecule has 4 aromatic heterocycles. The zero-order chi connectivity index (χ0) is 37.2. The van der Waals surface area contributed by atoms with Gasteiger partial charge < -0.3 is 4.57 Å². The van der Waals surface area contributed by atoms with Crippen LogP contribution >= 0.6 is 0 Å². The summed E-state index contributed by atoms with van der Waals surface area (Å²) in [5, 5.41) is 11.4. The summed E-state index contributed by atoms with van der Waals surface area (Å²) in [4.78, 5) is 0. The fourth-order valence-corrected chi connectivity index (χ4v) is 9.99. The van der Waals surface area contributed by atoms with E-state index in [1.807, 2.05) is 0 Å². The van der Waals surface area contributed by atoms with Crippen LogP contribution in [0.5, 0.6) is 0 Å². The van der Waals surface area contributed by atoms with E-state index >= 15 is 0 Å². The number of benzene rings is 9. The predicted octanol–water partition coefficient (Wildman–Crippen LogP) is 14.4. The van der Waals surface area contributed by atoms with E-state index in [2.05, 4.69) is 214 Å². The first-order chi connectivity index (χ1) is 28.3. The topological polar surface area (TPSA) is 14.3 Å². The maximum atomic E-state index is 2.57. The zero-order valence-electron chi connectivity index (χ0n) is 30.9. The van der Waals surface area contributed by atoms with E-state index in [-0.39, 0.29) is 0 Å². The smallest absolute Gasteiger partial charge is 0.131 e. The Morgan fingerprint density at radius 1 is 0.298 bits per heavy atom. The van der Waals surface area contributed by atoms with Gasteiger partial charge in [-0.3, -0.25) is 8.97 Å². The fourth-order valence-electron chi connectivity index (χ4n) is 9.99. The highest BCUT2D eigenvalue weighted by Gasteiger charge is 2.26. The summed E-state index contributed by atoms with van der Waals surface area (Å²) in [6, 6.07) is 73.6. The molecule has 0 spiro atoms. The molecule has 0 radical (unpaired) electrons. The van der Waals surface area contributed by atoms with Crippen LogP contribution in [0.25, 0.3) is 115 Å². The first-order valence-corrected chi connectivity index (χ1v) is 19.7. The van der Waals surface area contributed by atoms with Gasteiger partial charge in [-0.25, -0.2) is 0 Å². The minimum Gasteiger partial charge on any atom is -0.309 e. The lowest BCUT2D eigenvalue weighted by Gasteiger charge is -2.15. The van der Waals surface area contributed by atoms with Crippen molar-refractivity contribution in [1.82, 2.24) is 13.5 Å². The normalized spacial score (nSPS) is 12.2. The number of aromatic nitrogens is 3. The number of fused-ring (bicyclic) bond motifs is 11. The Morgan fingerprint density at radius 3 is 1.60 bits per heavy atom. The molecule has 3 nitrogen and oxygen atoms in total. The van der Waals surface area contributed by atoms with E-state index in [9.17, 15) is 0 Å². The summed E-state index contributed by atoms with van der Waals surface area (Å²) >= 11 is 0. The van der Waals surface area contributed by atoms with E-state index in [4.69, 9.17) is 0 Å². The SMILES string of the molecule is c1ccc(-c2cc3cccc4c3c3c2c2ccccc2n3c2c4c3cc(-c4ccc5c(c4)c4ccccc4n5-c4ccccc4)ccc3n2-c2ccccc2)cc1. The van der Waals surface area contributed by atoms with Crippen molar-refractivity contribution in [2.24, 2.45) is 0 Å². The van der Waals surface area contributed by atoms with Gasteiger partial charge in [-0.2, -0.15) is 0 Å². The first kappa shape index (κ1) is 30.7. The zero-order valence-corrected chi connectivity index (χ0v) is 30.9. The first-order valence-electron chi connectivity index (χ1n) is 19.7. The average molecular weight is 724 g/mol. The minimum atomic E-state index is 1.15. The lowest BCUT2D eigenvalue weighted by Crippen LogP contribution is -2.00. The lowest BCUT2D eigenvalue weighted by atomic mass is 9.92. The highest BCUT2D eigenvalue weighted by Crippen LogP contribution is 2.48. The summed E-state index contributed by atoms with van der Waals surface area (Å²) < 4.78 is 7.45. The Kier molecular flexibility index (Phi) is 6.16. The molecule has 0 amide bonds. The van der Waals surface area contributed by atoms with Gasteiger partial charge >= 0.3 is 0 Å². The Hall–Kier alpha value is -7.62. The van der Waals surface area contributed by atoms with Crippen LogP contribution < -0.4 is 0 Å². The monoisotopic (exact) mass is 723 g/mol. The number of pyridine rings is 1. The molecule has 57 heavy (non-hydrogen) atoms. The van der Waals surface area contributed by atoms with E-state index in [1.54, 1.807) is 0 Å². The number of hydrogen-bond acceptors (Lipinski definition) is 0. The Morgan fingerprint density at radius 2 is 0.860 bits per heavy atom. The number of rotatable bonds is 4. The van der Waals surface area contributed by atoms with Crippen molar-refractivity contribution in [3.63, 3.8) is 0 Å². The van der Waals surface area contributed by atoms with E-state index in [0.717, 1.165) is 5.69 Å². The van der Waals surface area contributed by atoms with Crippen molar-refractivity contribution < 1.29 is 0 Å². The van der Waals surface area contributed by atoms with Gasteiger partial charge in [0.15, 0.2) is 0 Å². The highest BCUT2D eigenvalue weighted by atomic mass is 15.1. The summed E-state index contributed by atoms with van der Waals surface area (Å²) in [6.45, 7) is 0. The van der Waals surface area contributed by atoms with Gasteiger partial charge in [-0.15, -0.1) is 0 Å². The molecule has 0 saturated heterocycles. The Bertz CT molecular complexity index is 3720. The fraction of sp³-hybridized carbons (Fsp3) is 0. The predicted molar refractivity (Wildman–Crippen MR) is 241 cm³/mol. The molecule has 264 valence electrons. The van der Waals surface area contributed by atoms with Crippen LogP contribution in [0.15, 0.2) is 200 Å². The molecular weight excluding hydrogens is 691 g/mol.